The predicted molar refractivity (Wildman–Crippen MR) is 75.3 cm³/mol. The van der Waals surface area contributed by atoms with Gasteiger partial charge in [-0.3, -0.25) is 4.79 Å². The highest BCUT2D eigenvalue weighted by molar-refractivity contribution is 6.32. The second-order valence-corrected chi connectivity index (χ2v) is 4.48. The Morgan fingerprint density at radius 1 is 1.30 bits per heavy atom. The summed E-state index contributed by atoms with van der Waals surface area (Å²) in [5.41, 5.74) is 1.08. The smallest absolute Gasteiger partial charge is 0.244 e. The summed E-state index contributed by atoms with van der Waals surface area (Å²) < 4.78 is 13.5. The molecule has 0 radical (unpaired) electrons. The number of hydrogen-bond acceptors (Lipinski definition) is 1. The number of carbonyl (C=O) groups is 1. The maximum atomic E-state index is 13.5. The van der Waals surface area contributed by atoms with E-state index in [9.17, 15) is 9.18 Å². The van der Waals surface area contributed by atoms with E-state index in [1.54, 1.807) is 12.3 Å². The number of amides is 1. The summed E-state index contributed by atoms with van der Waals surface area (Å²) in [7, 11) is 0. The number of aromatic nitrogens is 1. The van der Waals surface area contributed by atoms with Gasteiger partial charge in [-0.1, -0.05) is 23.7 Å². The Labute approximate surface area is 121 Å². The molecule has 102 valence electrons. The van der Waals surface area contributed by atoms with E-state index in [-0.39, 0.29) is 16.5 Å². The van der Waals surface area contributed by atoms with Gasteiger partial charge in [0, 0.05) is 23.8 Å². The molecule has 0 spiro atoms. The molecule has 1 aromatic heterocycles. The molecule has 0 atom stereocenters. The Balaban J connectivity index is 1.96. The largest absolute Gasteiger partial charge is 0.342 e. The monoisotopic (exact) mass is 291 g/mol. The van der Waals surface area contributed by atoms with Gasteiger partial charge in [0.15, 0.2) is 11.9 Å². The quantitative estimate of drug-likeness (QED) is 0.865. The van der Waals surface area contributed by atoms with Crippen molar-refractivity contribution in [1.82, 2.24) is 5.32 Å². The molecule has 2 N–H and O–H groups in total. The highest BCUT2D eigenvalue weighted by Gasteiger charge is 2.05. The fourth-order valence-electron chi connectivity index (χ4n) is 1.61. The van der Waals surface area contributed by atoms with Crippen LogP contribution in [0.2, 0.25) is 5.02 Å². The van der Waals surface area contributed by atoms with Gasteiger partial charge in [0.2, 0.25) is 5.91 Å². The van der Waals surface area contributed by atoms with Crippen LogP contribution in [-0.4, -0.2) is 5.91 Å². The Kier molecular flexibility index (Phi) is 4.85. The number of hydrogen-bond donors (Lipinski definition) is 1. The number of benzene rings is 1. The normalized spacial score (nSPS) is 10.7. The standard InChI is InChI=1S/C15H12ClFN2O/c16-13-5-3-6-14(17)12(13)7-8-15(20)19-10-11-4-1-2-9-18-11/h1-9H,10H2,(H,19,20)/p+1. The summed E-state index contributed by atoms with van der Waals surface area (Å²) >= 11 is 5.86. The number of nitrogens with one attached hydrogen (secondary N) is 2. The van der Waals surface area contributed by atoms with Crippen LogP contribution < -0.4 is 10.3 Å². The third-order valence-electron chi connectivity index (χ3n) is 2.63. The molecule has 1 aromatic carbocycles. The van der Waals surface area contributed by atoms with Crippen molar-refractivity contribution in [3.63, 3.8) is 0 Å². The Morgan fingerprint density at radius 3 is 2.85 bits per heavy atom. The number of rotatable bonds is 4. The molecule has 0 fully saturated rings. The molecule has 0 aliphatic rings. The summed E-state index contributed by atoms with van der Waals surface area (Å²) in [5.74, 6) is -0.778. The van der Waals surface area contributed by atoms with Crippen LogP contribution in [-0.2, 0) is 11.3 Å². The lowest BCUT2D eigenvalue weighted by Gasteiger charge is -2.00. The first-order valence-electron chi connectivity index (χ1n) is 6.02. The van der Waals surface area contributed by atoms with E-state index in [1.165, 1.54) is 24.3 Å². The maximum absolute atomic E-state index is 13.5. The van der Waals surface area contributed by atoms with E-state index in [0.29, 0.717) is 6.54 Å². The zero-order chi connectivity index (χ0) is 14.4. The Morgan fingerprint density at radius 2 is 2.15 bits per heavy atom. The van der Waals surface area contributed by atoms with E-state index in [0.717, 1.165) is 5.69 Å². The van der Waals surface area contributed by atoms with Crippen molar-refractivity contribution in [1.29, 1.82) is 0 Å². The summed E-state index contributed by atoms with van der Waals surface area (Å²) in [6.07, 6.45) is 4.39. The van der Waals surface area contributed by atoms with Crippen molar-refractivity contribution in [2.24, 2.45) is 0 Å². The van der Waals surface area contributed by atoms with Gasteiger partial charge in [0.25, 0.3) is 0 Å². The Hall–Kier alpha value is -2.20. The SMILES string of the molecule is O=C(C=Cc1c(F)cccc1Cl)NCc1cccc[nH+]1. The molecule has 0 saturated heterocycles. The van der Waals surface area contributed by atoms with E-state index in [2.05, 4.69) is 10.3 Å². The van der Waals surface area contributed by atoms with Gasteiger partial charge in [-0.05, 0) is 18.2 Å². The minimum absolute atomic E-state index is 0.204. The number of carbonyl (C=O) groups excluding carboxylic acids is 1. The number of aromatic amines is 1. The zero-order valence-electron chi connectivity index (χ0n) is 10.6. The molecule has 2 rings (SSSR count). The van der Waals surface area contributed by atoms with Crippen LogP contribution in [0.5, 0.6) is 0 Å². The summed E-state index contributed by atoms with van der Waals surface area (Å²) in [4.78, 5) is 14.6. The predicted octanol–water partition coefficient (Wildman–Crippen LogP) is 2.62. The van der Waals surface area contributed by atoms with E-state index in [1.807, 2.05) is 18.2 Å². The number of halogens is 2. The average molecular weight is 292 g/mol. The van der Waals surface area contributed by atoms with Gasteiger partial charge >= 0.3 is 0 Å². The minimum atomic E-state index is -0.460. The molecule has 0 aliphatic carbocycles. The van der Waals surface area contributed by atoms with Gasteiger partial charge < -0.3 is 5.32 Å². The van der Waals surface area contributed by atoms with E-state index < -0.39 is 5.82 Å². The highest BCUT2D eigenvalue weighted by atomic mass is 35.5. The zero-order valence-corrected chi connectivity index (χ0v) is 11.3. The van der Waals surface area contributed by atoms with Crippen molar-refractivity contribution in [3.05, 3.63) is 70.8 Å². The van der Waals surface area contributed by atoms with Crippen molar-refractivity contribution in [2.45, 2.75) is 6.54 Å². The molecule has 0 bridgehead atoms. The van der Waals surface area contributed by atoms with Gasteiger partial charge in [0.1, 0.15) is 12.4 Å². The molecule has 1 amide bonds. The fraction of sp³-hybridized carbons (Fsp3) is 0.0667. The van der Waals surface area contributed by atoms with Crippen LogP contribution in [0.4, 0.5) is 4.39 Å². The lowest BCUT2D eigenvalue weighted by Crippen LogP contribution is -2.24. The summed E-state index contributed by atoms with van der Waals surface area (Å²) in [6.45, 7) is 0.370. The van der Waals surface area contributed by atoms with Crippen molar-refractivity contribution in [3.8, 4) is 0 Å². The molecule has 0 unspecified atom stereocenters. The Bertz CT molecular complexity index is 609. The second-order valence-electron chi connectivity index (χ2n) is 4.07. The van der Waals surface area contributed by atoms with Crippen LogP contribution in [0.1, 0.15) is 11.3 Å². The van der Waals surface area contributed by atoms with Crippen LogP contribution >= 0.6 is 11.6 Å². The topological polar surface area (TPSA) is 43.2 Å². The summed E-state index contributed by atoms with van der Waals surface area (Å²) in [6, 6.07) is 9.96. The van der Waals surface area contributed by atoms with Gasteiger partial charge in [-0.2, -0.15) is 0 Å². The summed E-state index contributed by atoms with van der Waals surface area (Å²) in [5, 5.41) is 2.95. The van der Waals surface area contributed by atoms with Gasteiger partial charge in [0.05, 0.1) is 5.02 Å². The number of H-pyrrole nitrogens is 1. The van der Waals surface area contributed by atoms with Crippen LogP contribution in [0.25, 0.3) is 6.08 Å². The van der Waals surface area contributed by atoms with Crippen LogP contribution in [0.15, 0.2) is 48.7 Å². The third-order valence-corrected chi connectivity index (χ3v) is 2.96. The van der Waals surface area contributed by atoms with E-state index in [4.69, 9.17) is 11.6 Å². The lowest BCUT2D eigenvalue weighted by molar-refractivity contribution is -0.390. The van der Waals surface area contributed by atoms with Gasteiger partial charge in [-0.25, -0.2) is 9.37 Å². The van der Waals surface area contributed by atoms with Crippen LogP contribution in [0.3, 0.4) is 0 Å². The molecule has 0 aliphatic heterocycles. The molecule has 0 saturated carbocycles. The van der Waals surface area contributed by atoms with Crippen molar-refractivity contribution in [2.75, 3.05) is 0 Å². The third kappa shape index (κ3) is 3.90. The molecular weight excluding hydrogens is 279 g/mol. The second kappa shape index (κ2) is 6.82. The minimum Gasteiger partial charge on any atom is -0.342 e. The first kappa shape index (κ1) is 14.2. The van der Waals surface area contributed by atoms with Crippen molar-refractivity contribution < 1.29 is 14.2 Å². The lowest BCUT2D eigenvalue weighted by atomic mass is 10.2. The van der Waals surface area contributed by atoms with E-state index >= 15 is 0 Å². The highest BCUT2D eigenvalue weighted by Crippen LogP contribution is 2.20. The van der Waals surface area contributed by atoms with Gasteiger partial charge in [-0.15, -0.1) is 0 Å². The molecule has 20 heavy (non-hydrogen) atoms. The fourth-order valence-corrected chi connectivity index (χ4v) is 1.84. The first-order valence-corrected chi connectivity index (χ1v) is 6.40. The first-order chi connectivity index (χ1) is 9.66. The number of pyridine rings is 1. The molecule has 5 heteroatoms. The molecule has 1 heterocycles. The average Bonchev–Trinajstić information content (AvgIpc) is 2.46. The van der Waals surface area contributed by atoms with Crippen molar-refractivity contribution >= 4 is 23.6 Å². The molecule has 2 aromatic rings. The molecule has 3 nitrogen and oxygen atoms in total. The molecular formula is C15H13ClFN2O+. The maximum Gasteiger partial charge on any atom is 0.244 e. The van der Waals surface area contributed by atoms with Crippen LogP contribution in [0, 0.1) is 5.82 Å².